The number of rotatable bonds is 2. The Balaban J connectivity index is 1.77. The summed E-state index contributed by atoms with van der Waals surface area (Å²) in [5, 5.41) is 3.49. The lowest BCUT2D eigenvalue weighted by molar-refractivity contribution is 0.321. The van der Waals surface area contributed by atoms with Crippen LogP contribution in [-0.2, 0) is 4.74 Å². The maximum Gasteiger partial charge on any atom is 0.184 e. The van der Waals surface area contributed by atoms with Gasteiger partial charge in [-0.2, -0.15) is 0 Å². The first-order valence-electron chi connectivity index (χ1n) is 4.84. The van der Waals surface area contributed by atoms with Gasteiger partial charge in [0.2, 0.25) is 0 Å². The second kappa shape index (κ2) is 3.90. The van der Waals surface area contributed by atoms with E-state index in [1.54, 1.807) is 0 Å². The number of nitrogens with zero attached hydrogens (tertiary/aromatic N) is 1. The van der Waals surface area contributed by atoms with Crippen LogP contribution in [0.4, 0.5) is 0 Å². The van der Waals surface area contributed by atoms with Gasteiger partial charge in [0.15, 0.2) is 5.90 Å². The molecule has 1 fully saturated rings. The van der Waals surface area contributed by atoms with Crippen LogP contribution in [0.2, 0.25) is 0 Å². The molecule has 0 aromatic heterocycles. The molecule has 0 aromatic carbocycles. The molecule has 2 heterocycles. The molecule has 68 valence electrons. The molecule has 2 aliphatic rings. The minimum atomic E-state index is 0.621. The van der Waals surface area contributed by atoms with Crippen molar-refractivity contribution in [3.63, 3.8) is 0 Å². The van der Waals surface area contributed by atoms with E-state index in [1.165, 1.54) is 19.3 Å². The van der Waals surface area contributed by atoms with Gasteiger partial charge in [-0.25, -0.2) is 0 Å². The van der Waals surface area contributed by atoms with Gasteiger partial charge < -0.3 is 10.1 Å². The second-order valence-electron chi connectivity index (χ2n) is 3.47. The molecule has 3 heteroatoms. The van der Waals surface area contributed by atoms with Crippen molar-refractivity contribution < 1.29 is 4.74 Å². The third-order valence-corrected chi connectivity index (χ3v) is 2.48. The van der Waals surface area contributed by atoms with E-state index in [0.29, 0.717) is 6.04 Å². The van der Waals surface area contributed by atoms with Crippen molar-refractivity contribution in [2.45, 2.75) is 31.7 Å². The highest BCUT2D eigenvalue weighted by molar-refractivity contribution is 5.77. The number of hydrogen-bond acceptors (Lipinski definition) is 3. The Labute approximate surface area is 73.2 Å². The zero-order chi connectivity index (χ0) is 8.23. The summed E-state index contributed by atoms with van der Waals surface area (Å²) < 4.78 is 5.37. The van der Waals surface area contributed by atoms with Gasteiger partial charge in [-0.3, -0.25) is 4.99 Å². The van der Waals surface area contributed by atoms with Gasteiger partial charge in [0.05, 0.1) is 6.54 Å². The third-order valence-electron chi connectivity index (χ3n) is 2.48. The fourth-order valence-corrected chi connectivity index (χ4v) is 1.81. The molecule has 1 atom stereocenters. The lowest BCUT2D eigenvalue weighted by atomic mass is 10.0. The van der Waals surface area contributed by atoms with Gasteiger partial charge in [0, 0.05) is 12.5 Å². The summed E-state index contributed by atoms with van der Waals surface area (Å²) in [5.41, 5.74) is 0. The van der Waals surface area contributed by atoms with Crippen molar-refractivity contribution in [2.75, 3.05) is 19.7 Å². The predicted molar refractivity (Wildman–Crippen MR) is 48.5 cm³/mol. The average molecular weight is 168 g/mol. The average Bonchev–Trinajstić information content (AvgIpc) is 2.59. The summed E-state index contributed by atoms with van der Waals surface area (Å²) in [6.07, 6.45) is 4.96. The van der Waals surface area contributed by atoms with Crippen LogP contribution in [0, 0.1) is 0 Å². The van der Waals surface area contributed by atoms with Crippen molar-refractivity contribution in [2.24, 2.45) is 4.99 Å². The van der Waals surface area contributed by atoms with E-state index in [2.05, 4.69) is 10.3 Å². The Kier molecular flexibility index (Phi) is 2.61. The SMILES string of the molecule is C1CCC(CC2=NCCO2)NC1. The summed E-state index contributed by atoms with van der Waals surface area (Å²) in [6.45, 7) is 2.82. The molecule has 0 aromatic rings. The molecule has 0 spiro atoms. The summed E-state index contributed by atoms with van der Waals surface area (Å²) in [7, 11) is 0. The van der Waals surface area contributed by atoms with E-state index >= 15 is 0 Å². The van der Waals surface area contributed by atoms with E-state index in [0.717, 1.165) is 32.0 Å². The van der Waals surface area contributed by atoms with Crippen LogP contribution in [0.5, 0.6) is 0 Å². The van der Waals surface area contributed by atoms with Crippen LogP contribution in [-0.4, -0.2) is 31.6 Å². The normalized spacial score (nSPS) is 29.7. The van der Waals surface area contributed by atoms with Gasteiger partial charge in [0.1, 0.15) is 6.61 Å². The Bertz CT molecular complexity index is 173. The summed E-state index contributed by atoms with van der Waals surface area (Å²) in [4.78, 5) is 4.28. The molecule has 0 amide bonds. The number of ether oxygens (including phenoxy) is 1. The lowest BCUT2D eigenvalue weighted by Gasteiger charge is -2.22. The highest BCUT2D eigenvalue weighted by Crippen LogP contribution is 2.12. The van der Waals surface area contributed by atoms with Crippen LogP contribution >= 0.6 is 0 Å². The van der Waals surface area contributed by atoms with E-state index in [9.17, 15) is 0 Å². The molecule has 2 aliphatic heterocycles. The molecular weight excluding hydrogens is 152 g/mol. The Morgan fingerprint density at radius 1 is 1.50 bits per heavy atom. The van der Waals surface area contributed by atoms with Crippen molar-refractivity contribution in [1.82, 2.24) is 5.32 Å². The van der Waals surface area contributed by atoms with Gasteiger partial charge in [-0.15, -0.1) is 0 Å². The molecular formula is C9H16N2O. The number of aliphatic imine (C=N–C) groups is 1. The van der Waals surface area contributed by atoms with Gasteiger partial charge in [0.25, 0.3) is 0 Å². The van der Waals surface area contributed by atoms with Crippen molar-refractivity contribution in [1.29, 1.82) is 0 Å². The highest BCUT2D eigenvalue weighted by atomic mass is 16.5. The Morgan fingerprint density at radius 3 is 3.17 bits per heavy atom. The number of piperidine rings is 1. The Morgan fingerprint density at radius 2 is 2.50 bits per heavy atom. The van der Waals surface area contributed by atoms with E-state index in [-0.39, 0.29) is 0 Å². The minimum Gasteiger partial charge on any atom is -0.479 e. The first-order valence-corrected chi connectivity index (χ1v) is 4.84. The summed E-state index contributed by atoms with van der Waals surface area (Å²) in [6, 6.07) is 0.621. The maximum absolute atomic E-state index is 5.37. The smallest absolute Gasteiger partial charge is 0.184 e. The molecule has 12 heavy (non-hydrogen) atoms. The van der Waals surface area contributed by atoms with Crippen LogP contribution in [0.15, 0.2) is 4.99 Å². The molecule has 0 saturated carbocycles. The van der Waals surface area contributed by atoms with Crippen molar-refractivity contribution in [3.8, 4) is 0 Å². The molecule has 0 aliphatic carbocycles. The molecule has 1 N–H and O–H groups in total. The van der Waals surface area contributed by atoms with Crippen LogP contribution < -0.4 is 5.32 Å². The zero-order valence-corrected chi connectivity index (χ0v) is 7.38. The van der Waals surface area contributed by atoms with Gasteiger partial charge in [-0.1, -0.05) is 6.42 Å². The van der Waals surface area contributed by atoms with Crippen LogP contribution in [0.25, 0.3) is 0 Å². The van der Waals surface area contributed by atoms with Crippen LogP contribution in [0.1, 0.15) is 25.7 Å². The fraction of sp³-hybridized carbons (Fsp3) is 0.889. The van der Waals surface area contributed by atoms with E-state index < -0.39 is 0 Å². The predicted octanol–water partition coefficient (Wildman–Crippen LogP) is 0.947. The lowest BCUT2D eigenvalue weighted by Crippen LogP contribution is -2.35. The summed E-state index contributed by atoms with van der Waals surface area (Å²) >= 11 is 0. The number of hydrogen-bond donors (Lipinski definition) is 1. The quantitative estimate of drug-likeness (QED) is 0.666. The standard InChI is InChI=1S/C9H16N2O/c1-2-4-10-8(3-1)7-9-11-5-6-12-9/h8,10H,1-7H2. The third kappa shape index (κ3) is 1.97. The molecule has 3 nitrogen and oxygen atoms in total. The molecule has 0 radical (unpaired) electrons. The van der Waals surface area contributed by atoms with Crippen molar-refractivity contribution >= 4 is 5.90 Å². The second-order valence-corrected chi connectivity index (χ2v) is 3.47. The minimum absolute atomic E-state index is 0.621. The van der Waals surface area contributed by atoms with Crippen LogP contribution in [0.3, 0.4) is 0 Å². The van der Waals surface area contributed by atoms with Crippen molar-refractivity contribution in [3.05, 3.63) is 0 Å². The van der Waals surface area contributed by atoms with Gasteiger partial charge >= 0.3 is 0 Å². The van der Waals surface area contributed by atoms with E-state index in [4.69, 9.17) is 4.74 Å². The molecule has 1 saturated heterocycles. The van der Waals surface area contributed by atoms with Gasteiger partial charge in [-0.05, 0) is 19.4 Å². The first-order chi connectivity index (χ1) is 5.95. The largest absolute Gasteiger partial charge is 0.479 e. The number of nitrogens with one attached hydrogen (secondary N) is 1. The zero-order valence-electron chi connectivity index (χ0n) is 7.38. The monoisotopic (exact) mass is 168 g/mol. The first kappa shape index (κ1) is 8.05. The molecule has 0 bridgehead atoms. The van der Waals surface area contributed by atoms with E-state index in [1.807, 2.05) is 0 Å². The fourth-order valence-electron chi connectivity index (χ4n) is 1.81. The summed E-state index contributed by atoms with van der Waals surface area (Å²) in [5.74, 6) is 0.967. The molecule has 1 unspecified atom stereocenters. The topological polar surface area (TPSA) is 33.6 Å². The maximum atomic E-state index is 5.37. The Hall–Kier alpha value is -0.570. The highest BCUT2D eigenvalue weighted by Gasteiger charge is 2.17. The molecule has 2 rings (SSSR count).